The molecule has 3 heteroatoms. The van der Waals surface area contributed by atoms with E-state index in [0.29, 0.717) is 0 Å². The molecule has 0 aliphatic carbocycles. The fraction of sp³-hybridized carbons (Fsp3) is 0.400. The molecule has 0 saturated carbocycles. The maximum absolute atomic E-state index is 4.03. The average molecular weight is 243 g/mol. The van der Waals surface area contributed by atoms with Crippen molar-refractivity contribution in [2.75, 3.05) is 11.9 Å². The molecule has 0 saturated heterocycles. The smallest absolute Gasteiger partial charge is 0.0924 e. The molecule has 2 rings (SSSR count). The van der Waals surface area contributed by atoms with Gasteiger partial charge >= 0.3 is 0 Å². The third kappa shape index (κ3) is 3.62. The van der Waals surface area contributed by atoms with E-state index in [1.54, 1.807) is 6.33 Å². The molecule has 2 N–H and O–H groups in total. The summed E-state index contributed by atoms with van der Waals surface area (Å²) in [6.07, 6.45) is 8.73. The highest BCUT2D eigenvalue weighted by Gasteiger charge is 1.98. The normalized spacial score (nSPS) is 10.5. The Morgan fingerprint density at radius 2 is 1.94 bits per heavy atom. The molecule has 2 aromatic rings. The molecule has 3 nitrogen and oxygen atoms in total. The van der Waals surface area contributed by atoms with Crippen LogP contribution in [0.25, 0.3) is 11.3 Å². The molecule has 0 radical (unpaired) electrons. The Labute approximate surface area is 109 Å². The highest BCUT2D eigenvalue weighted by atomic mass is 14.9. The van der Waals surface area contributed by atoms with Crippen molar-refractivity contribution >= 4 is 5.69 Å². The Morgan fingerprint density at radius 3 is 2.61 bits per heavy atom. The van der Waals surface area contributed by atoms with E-state index in [4.69, 9.17) is 0 Å². The molecule has 18 heavy (non-hydrogen) atoms. The summed E-state index contributed by atoms with van der Waals surface area (Å²) in [6, 6.07) is 8.47. The molecule has 0 amide bonds. The minimum absolute atomic E-state index is 1.06. The molecule has 0 spiro atoms. The van der Waals surface area contributed by atoms with Crippen molar-refractivity contribution in [1.29, 1.82) is 0 Å². The van der Waals surface area contributed by atoms with Gasteiger partial charge < -0.3 is 10.3 Å². The van der Waals surface area contributed by atoms with Gasteiger partial charge in [-0.25, -0.2) is 4.98 Å². The molecule has 1 heterocycles. The zero-order valence-corrected chi connectivity index (χ0v) is 10.9. The fourth-order valence-corrected chi connectivity index (χ4v) is 1.97. The first kappa shape index (κ1) is 12.7. The number of unbranched alkanes of at least 4 members (excludes halogenated alkanes) is 3. The number of aromatic amines is 1. The van der Waals surface area contributed by atoms with E-state index in [1.165, 1.54) is 36.9 Å². The van der Waals surface area contributed by atoms with Crippen LogP contribution in [0, 0.1) is 0 Å². The molecule has 0 aliphatic heterocycles. The second kappa shape index (κ2) is 6.84. The third-order valence-electron chi connectivity index (χ3n) is 3.05. The van der Waals surface area contributed by atoms with E-state index in [9.17, 15) is 0 Å². The number of benzene rings is 1. The summed E-state index contributed by atoms with van der Waals surface area (Å²) in [5.74, 6) is 0. The lowest BCUT2D eigenvalue weighted by Crippen LogP contribution is -2.00. The first-order chi connectivity index (χ1) is 8.90. The summed E-state index contributed by atoms with van der Waals surface area (Å²) in [5.41, 5.74) is 3.42. The van der Waals surface area contributed by atoms with Crippen LogP contribution in [0.1, 0.15) is 32.6 Å². The van der Waals surface area contributed by atoms with Gasteiger partial charge in [-0.05, 0) is 24.1 Å². The molecule has 1 aromatic heterocycles. The minimum Gasteiger partial charge on any atom is -0.385 e. The molecule has 0 fully saturated rings. The Balaban J connectivity index is 1.81. The average Bonchev–Trinajstić information content (AvgIpc) is 2.93. The highest BCUT2D eigenvalue weighted by Crippen LogP contribution is 2.18. The van der Waals surface area contributed by atoms with Gasteiger partial charge in [0.15, 0.2) is 0 Å². The fourth-order valence-electron chi connectivity index (χ4n) is 1.97. The van der Waals surface area contributed by atoms with Crippen LogP contribution in [0.5, 0.6) is 0 Å². The van der Waals surface area contributed by atoms with E-state index in [1.807, 2.05) is 6.20 Å². The molecular formula is C15H21N3. The van der Waals surface area contributed by atoms with Crippen LogP contribution in [0.15, 0.2) is 36.8 Å². The minimum atomic E-state index is 1.06. The topological polar surface area (TPSA) is 40.7 Å². The van der Waals surface area contributed by atoms with Gasteiger partial charge in [0.2, 0.25) is 0 Å². The van der Waals surface area contributed by atoms with Crippen LogP contribution in [0.4, 0.5) is 5.69 Å². The Morgan fingerprint density at radius 1 is 1.11 bits per heavy atom. The van der Waals surface area contributed by atoms with Crippen molar-refractivity contribution in [2.45, 2.75) is 32.6 Å². The lowest BCUT2D eigenvalue weighted by Gasteiger charge is -2.06. The van der Waals surface area contributed by atoms with Crippen molar-refractivity contribution in [2.24, 2.45) is 0 Å². The van der Waals surface area contributed by atoms with E-state index in [-0.39, 0.29) is 0 Å². The summed E-state index contributed by atoms with van der Waals surface area (Å²) >= 11 is 0. The van der Waals surface area contributed by atoms with Crippen molar-refractivity contribution in [1.82, 2.24) is 9.97 Å². The van der Waals surface area contributed by atoms with Gasteiger partial charge in [-0.1, -0.05) is 38.3 Å². The maximum Gasteiger partial charge on any atom is 0.0924 e. The predicted octanol–water partition coefficient (Wildman–Crippen LogP) is 4.07. The predicted molar refractivity (Wildman–Crippen MR) is 76.7 cm³/mol. The summed E-state index contributed by atoms with van der Waals surface area (Å²) in [5, 5.41) is 3.45. The number of anilines is 1. The highest BCUT2D eigenvalue weighted by molar-refractivity contribution is 5.61. The Kier molecular flexibility index (Phi) is 4.82. The van der Waals surface area contributed by atoms with Crippen molar-refractivity contribution in [3.8, 4) is 11.3 Å². The van der Waals surface area contributed by atoms with Gasteiger partial charge in [0.1, 0.15) is 0 Å². The standard InChI is InChI=1S/C15H21N3/c1-2-3-4-5-10-17-14-8-6-13(7-9-14)15-11-16-12-18-15/h6-9,11-12,17H,2-5,10H2,1H3,(H,16,18). The first-order valence-electron chi connectivity index (χ1n) is 6.73. The summed E-state index contributed by atoms with van der Waals surface area (Å²) in [4.78, 5) is 7.14. The number of H-pyrrole nitrogens is 1. The van der Waals surface area contributed by atoms with Gasteiger partial charge in [0, 0.05) is 12.2 Å². The number of nitrogens with one attached hydrogen (secondary N) is 2. The number of hydrogen-bond acceptors (Lipinski definition) is 2. The number of hydrogen-bond donors (Lipinski definition) is 2. The summed E-state index contributed by atoms with van der Waals surface area (Å²) in [6.45, 7) is 3.30. The van der Waals surface area contributed by atoms with Crippen LogP contribution in [-0.4, -0.2) is 16.5 Å². The molecule has 0 atom stereocenters. The molecule has 0 aliphatic rings. The zero-order valence-electron chi connectivity index (χ0n) is 10.9. The Hall–Kier alpha value is -1.77. The molecule has 0 unspecified atom stereocenters. The van der Waals surface area contributed by atoms with Crippen LogP contribution in [0.3, 0.4) is 0 Å². The third-order valence-corrected chi connectivity index (χ3v) is 3.05. The van der Waals surface area contributed by atoms with E-state index in [0.717, 1.165) is 12.2 Å². The number of imidazole rings is 1. The van der Waals surface area contributed by atoms with Gasteiger partial charge in [-0.15, -0.1) is 0 Å². The molecule has 96 valence electrons. The largest absolute Gasteiger partial charge is 0.385 e. The maximum atomic E-state index is 4.03. The molecular weight excluding hydrogens is 222 g/mol. The van der Waals surface area contributed by atoms with E-state index < -0.39 is 0 Å². The van der Waals surface area contributed by atoms with Crippen LogP contribution in [-0.2, 0) is 0 Å². The molecule has 1 aromatic carbocycles. The summed E-state index contributed by atoms with van der Waals surface area (Å²) < 4.78 is 0. The van der Waals surface area contributed by atoms with Gasteiger partial charge in [-0.2, -0.15) is 0 Å². The monoisotopic (exact) mass is 243 g/mol. The SMILES string of the molecule is CCCCCCNc1ccc(-c2cnc[nH]2)cc1. The number of nitrogens with zero attached hydrogens (tertiary/aromatic N) is 1. The van der Waals surface area contributed by atoms with Gasteiger partial charge in [-0.3, -0.25) is 0 Å². The van der Waals surface area contributed by atoms with Crippen LogP contribution in [0.2, 0.25) is 0 Å². The lowest BCUT2D eigenvalue weighted by molar-refractivity contribution is 0.685. The first-order valence-corrected chi connectivity index (χ1v) is 6.73. The van der Waals surface area contributed by atoms with Gasteiger partial charge in [0.05, 0.1) is 18.2 Å². The number of aromatic nitrogens is 2. The lowest BCUT2D eigenvalue weighted by atomic mass is 10.1. The Bertz CT molecular complexity index is 431. The summed E-state index contributed by atoms with van der Waals surface area (Å²) in [7, 11) is 0. The second-order valence-corrected chi connectivity index (χ2v) is 4.53. The van der Waals surface area contributed by atoms with E-state index in [2.05, 4.69) is 46.5 Å². The van der Waals surface area contributed by atoms with E-state index >= 15 is 0 Å². The van der Waals surface area contributed by atoms with Crippen molar-refractivity contribution in [3.63, 3.8) is 0 Å². The van der Waals surface area contributed by atoms with Crippen molar-refractivity contribution < 1.29 is 0 Å². The van der Waals surface area contributed by atoms with Crippen LogP contribution >= 0.6 is 0 Å². The quantitative estimate of drug-likeness (QED) is 0.720. The van der Waals surface area contributed by atoms with Crippen LogP contribution < -0.4 is 5.32 Å². The molecule has 0 bridgehead atoms. The second-order valence-electron chi connectivity index (χ2n) is 4.53. The van der Waals surface area contributed by atoms with Crippen molar-refractivity contribution in [3.05, 3.63) is 36.8 Å². The number of rotatable bonds is 7. The van der Waals surface area contributed by atoms with Gasteiger partial charge in [0.25, 0.3) is 0 Å². The zero-order chi connectivity index (χ0) is 12.6.